The van der Waals surface area contributed by atoms with Gasteiger partial charge in [-0.05, 0) is 57.8 Å². The van der Waals surface area contributed by atoms with E-state index in [1.165, 1.54) is 340 Å². The zero-order valence-electron chi connectivity index (χ0n) is 54.3. The maximum absolute atomic E-state index is 12.5. The fraction of sp³-hybridized carbons (Fsp3) is 0.919. The highest BCUT2D eigenvalue weighted by molar-refractivity contribution is 5.76. The van der Waals surface area contributed by atoms with Crippen molar-refractivity contribution in [2.24, 2.45) is 0 Å². The topological polar surface area (TPSA) is 95.9 Å². The van der Waals surface area contributed by atoms with Gasteiger partial charge in [0.15, 0.2) is 0 Å². The number of esters is 1. The van der Waals surface area contributed by atoms with Gasteiger partial charge in [0.05, 0.1) is 25.4 Å². The number of nitrogens with one attached hydrogen (secondary N) is 1. The quantitative estimate of drug-likeness (QED) is 0.0320. The first-order valence-electron chi connectivity index (χ1n) is 36.6. The van der Waals surface area contributed by atoms with Crippen LogP contribution in [-0.2, 0) is 14.3 Å². The molecule has 1 amide bonds. The Balaban J connectivity index is 3.37. The van der Waals surface area contributed by atoms with E-state index < -0.39 is 12.1 Å². The van der Waals surface area contributed by atoms with E-state index in [9.17, 15) is 19.8 Å². The Kier molecular flexibility index (Phi) is 68.4. The molecule has 2 atom stereocenters. The lowest BCUT2D eigenvalue weighted by Crippen LogP contribution is -2.45. The van der Waals surface area contributed by atoms with Crippen LogP contribution in [0.1, 0.15) is 412 Å². The summed E-state index contributed by atoms with van der Waals surface area (Å²) in [6, 6.07) is -0.626. The molecule has 0 aromatic carbocycles. The summed E-state index contributed by atoms with van der Waals surface area (Å²) in [4.78, 5) is 24.6. The van der Waals surface area contributed by atoms with Crippen molar-refractivity contribution in [3.63, 3.8) is 0 Å². The van der Waals surface area contributed by atoms with Crippen LogP contribution >= 0.6 is 0 Å². The first-order valence-corrected chi connectivity index (χ1v) is 36.6. The maximum atomic E-state index is 12.5. The van der Waals surface area contributed by atoms with E-state index in [0.29, 0.717) is 19.4 Å². The summed E-state index contributed by atoms with van der Waals surface area (Å²) in [5.74, 6) is -0.0500. The highest BCUT2D eigenvalue weighted by Crippen LogP contribution is 2.19. The molecule has 80 heavy (non-hydrogen) atoms. The molecule has 2 unspecified atom stereocenters. The number of amides is 1. The molecule has 0 saturated heterocycles. The lowest BCUT2D eigenvalue weighted by Gasteiger charge is -2.20. The number of aliphatic hydroxyl groups is 2. The number of carbonyl (C=O) groups excluding carboxylic acids is 2. The molecule has 0 aliphatic heterocycles. The molecule has 6 nitrogen and oxygen atoms in total. The predicted molar refractivity (Wildman–Crippen MR) is 352 cm³/mol. The molecule has 0 aromatic rings. The molecular formula is C74H143NO5. The standard InChI is InChI=1S/C74H143NO5/c1-3-5-7-9-11-13-15-17-19-21-22-32-35-38-42-46-50-54-58-62-66-72(77)71(70-76)75-73(78)67-63-59-55-51-47-43-39-36-33-30-28-26-24-23-25-27-29-31-34-37-41-45-49-53-57-61-65-69-80-74(79)68-64-60-56-52-48-44-40-20-18-16-14-12-10-8-6-4-2/h20,40,62,66,71-72,76-77H,3-19,21-39,41-61,63-65,67-70H2,1-2H3,(H,75,78)/b40-20-,66-62+. The molecule has 6 heteroatoms. The molecule has 0 fully saturated rings. The fourth-order valence-corrected chi connectivity index (χ4v) is 11.6. The number of aliphatic hydroxyl groups excluding tert-OH is 2. The van der Waals surface area contributed by atoms with Crippen molar-refractivity contribution in [2.45, 2.75) is 424 Å². The highest BCUT2D eigenvalue weighted by atomic mass is 16.5. The van der Waals surface area contributed by atoms with E-state index in [1.54, 1.807) is 6.08 Å². The van der Waals surface area contributed by atoms with Gasteiger partial charge >= 0.3 is 5.97 Å². The van der Waals surface area contributed by atoms with Crippen molar-refractivity contribution in [1.82, 2.24) is 5.32 Å². The highest BCUT2D eigenvalue weighted by Gasteiger charge is 2.18. The molecule has 0 bridgehead atoms. The van der Waals surface area contributed by atoms with Crippen LogP contribution in [0.5, 0.6) is 0 Å². The summed E-state index contributed by atoms with van der Waals surface area (Å²) in [6.07, 6.45) is 88.4. The molecule has 0 aliphatic rings. The lowest BCUT2D eigenvalue weighted by atomic mass is 10.0. The van der Waals surface area contributed by atoms with E-state index in [0.717, 1.165) is 44.9 Å². The molecule has 474 valence electrons. The molecule has 0 heterocycles. The number of carbonyl (C=O) groups is 2. The summed E-state index contributed by atoms with van der Waals surface area (Å²) in [5.41, 5.74) is 0. The Morgan fingerprint density at radius 3 is 0.887 bits per heavy atom. The van der Waals surface area contributed by atoms with Crippen LogP contribution in [0.25, 0.3) is 0 Å². The van der Waals surface area contributed by atoms with Gasteiger partial charge in [-0.2, -0.15) is 0 Å². The second-order valence-corrected chi connectivity index (χ2v) is 25.3. The molecular weight excluding hydrogens is 983 g/mol. The summed E-state index contributed by atoms with van der Waals surface area (Å²) in [5, 5.41) is 23.3. The van der Waals surface area contributed by atoms with Crippen LogP contribution < -0.4 is 5.32 Å². The van der Waals surface area contributed by atoms with Crippen LogP contribution in [-0.4, -0.2) is 47.4 Å². The van der Waals surface area contributed by atoms with Gasteiger partial charge < -0.3 is 20.3 Å². The average molecular weight is 1130 g/mol. The first kappa shape index (κ1) is 78.3. The number of hydrogen-bond donors (Lipinski definition) is 3. The van der Waals surface area contributed by atoms with Crippen molar-refractivity contribution in [1.29, 1.82) is 0 Å². The Bertz CT molecular complexity index is 1250. The molecule has 0 spiro atoms. The smallest absolute Gasteiger partial charge is 0.305 e. The Morgan fingerprint density at radius 1 is 0.338 bits per heavy atom. The van der Waals surface area contributed by atoms with Crippen LogP contribution in [0.4, 0.5) is 0 Å². The predicted octanol–water partition coefficient (Wildman–Crippen LogP) is 23.7. The normalized spacial score (nSPS) is 12.6. The number of allylic oxidation sites excluding steroid dienone is 3. The summed E-state index contributed by atoms with van der Waals surface area (Å²) in [7, 11) is 0. The van der Waals surface area contributed by atoms with Crippen LogP contribution in [0.15, 0.2) is 24.3 Å². The monoisotopic (exact) mass is 1130 g/mol. The average Bonchev–Trinajstić information content (AvgIpc) is 3.46. The summed E-state index contributed by atoms with van der Waals surface area (Å²) in [6.45, 7) is 4.94. The SMILES string of the molecule is CCCCCCCCC/C=C\CCCCCCCC(=O)OCCCCCCCCCCCCCCCCCCCCCCCCCCCCCC(=O)NC(CO)C(O)/C=C/CCCCCCCCCCCCCCCCCCCC. The zero-order chi connectivity index (χ0) is 57.8. The Morgan fingerprint density at radius 2 is 0.588 bits per heavy atom. The van der Waals surface area contributed by atoms with Crippen LogP contribution in [0.3, 0.4) is 0 Å². The van der Waals surface area contributed by atoms with Gasteiger partial charge in [0.1, 0.15) is 0 Å². The van der Waals surface area contributed by atoms with Gasteiger partial charge in [-0.15, -0.1) is 0 Å². The lowest BCUT2D eigenvalue weighted by molar-refractivity contribution is -0.143. The fourth-order valence-electron chi connectivity index (χ4n) is 11.6. The molecule has 0 radical (unpaired) electrons. The van der Waals surface area contributed by atoms with Crippen LogP contribution in [0.2, 0.25) is 0 Å². The minimum absolute atomic E-state index is 0.0112. The van der Waals surface area contributed by atoms with E-state index in [-0.39, 0.29) is 18.5 Å². The molecule has 3 N–H and O–H groups in total. The maximum Gasteiger partial charge on any atom is 0.305 e. The third-order valence-electron chi connectivity index (χ3n) is 17.2. The third kappa shape index (κ3) is 65.5. The van der Waals surface area contributed by atoms with Crippen molar-refractivity contribution >= 4 is 11.9 Å². The molecule has 0 rings (SSSR count). The minimum atomic E-state index is -0.843. The summed E-state index contributed by atoms with van der Waals surface area (Å²) >= 11 is 0. The van der Waals surface area contributed by atoms with E-state index in [2.05, 4.69) is 31.3 Å². The van der Waals surface area contributed by atoms with Gasteiger partial charge in [0.25, 0.3) is 0 Å². The number of ether oxygens (including phenoxy) is 1. The van der Waals surface area contributed by atoms with Gasteiger partial charge in [0, 0.05) is 12.8 Å². The van der Waals surface area contributed by atoms with Crippen molar-refractivity contribution in [2.75, 3.05) is 13.2 Å². The second-order valence-electron chi connectivity index (χ2n) is 25.3. The third-order valence-corrected chi connectivity index (χ3v) is 17.2. The van der Waals surface area contributed by atoms with Crippen LogP contribution in [0, 0.1) is 0 Å². The Labute approximate surface area is 501 Å². The van der Waals surface area contributed by atoms with E-state index >= 15 is 0 Å². The van der Waals surface area contributed by atoms with Crippen molar-refractivity contribution in [3.05, 3.63) is 24.3 Å². The molecule has 0 saturated carbocycles. The van der Waals surface area contributed by atoms with Gasteiger partial charge in [-0.1, -0.05) is 366 Å². The van der Waals surface area contributed by atoms with E-state index in [4.69, 9.17) is 4.74 Å². The molecule has 0 aromatic heterocycles. The number of hydrogen-bond acceptors (Lipinski definition) is 5. The molecule has 0 aliphatic carbocycles. The second kappa shape index (κ2) is 69.8. The number of rotatable bonds is 69. The van der Waals surface area contributed by atoms with E-state index in [1.807, 2.05) is 6.08 Å². The minimum Gasteiger partial charge on any atom is -0.466 e. The van der Waals surface area contributed by atoms with Crippen molar-refractivity contribution < 1.29 is 24.5 Å². The largest absolute Gasteiger partial charge is 0.466 e. The van der Waals surface area contributed by atoms with Crippen molar-refractivity contribution in [3.8, 4) is 0 Å². The Hall–Kier alpha value is -1.66. The van der Waals surface area contributed by atoms with Gasteiger partial charge in [-0.3, -0.25) is 9.59 Å². The number of unbranched alkanes of at least 4 members (excludes halogenated alkanes) is 56. The van der Waals surface area contributed by atoms with Gasteiger partial charge in [-0.25, -0.2) is 0 Å². The van der Waals surface area contributed by atoms with Gasteiger partial charge in [0.2, 0.25) is 5.91 Å². The summed E-state index contributed by atoms with van der Waals surface area (Å²) < 4.78 is 5.50. The first-order chi connectivity index (χ1) is 39.5. The zero-order valence-corrected chi connectivity index (χ0v) is 54.3.